The Morgan fingerprint density at radius 1 is 0.933 bits per heavy atom. The van der Waals surface area contributed by atoms with Crippen molar-refractivity contribution in [2.45, 2.75) is 80.9 Å². The van der Waals surface area contributed by atoms with E-state index in [4.69, 9.17) is 9.47 Å². The first-order chi connectivity index (χ1) is 13.8. The molecular weight excluding hydrogens is 378 g/mol. The lowest BCUT2D eigenvalue weighted by Gasteiger charge is -2.29. The molecule has 0 rings (SSSR count). The first kappa shape index (κ1) is 27.6. The highest BCUT2D eigenvalue weighted by atomic mass is 16.5. The monoisotopic (exact) mass is 417 g/mol. The number of aliphatic carboxylic acids is 1. The molecular formula is C25H39NO4. The average molecular weight is 418 g/mol. The van der Waals surface area contributed by atoms with E-state index >= 15 is 0 Å². The molecule has 5 heteroatoms. The van der Waals surface area contributed by atoms with E-state index in [0.717, 1.165) is 33.6 Å². The van der Waals surface area contributed by atoms with Gasteiger partial charge in [-0.25, -0.2) is 4.79 Å². The van der Waals surface area contributed by atoms with E-state index in [1.165, 1.54) is 0 Å². The van der Waals surface area contributed by atoms with Gasteiger partial charge >= 0.3 is 5.97 Å². The zero-order valence-corrected chi connectivity index (χ0v) is 20.5. The molecule has 0 saturated carbocycles. The summed E-state index contributed by atoms with van der Waals surface area (Å²) in [5, 5.41) is 10.0. The Bertz CT molecular complexity index is 799. The third-order valence-electron chi connectivity index (χ3n) is 4.82. The predicted octanol–water partition coefficient (Wildman–Crippen LogP) is 6.40. The zero-order chi connectivity index (χ0) is 23.6. The highest BCUT2D eigenvalue weighted by Gasteiger charge is 2.31. The van der Waals surface area contributed by atoms with Gasteiger partial charge < -0.3 is 14.6 Å². The highest BCUT2D eigenvalue weighted by Crippen LogP contribution is 2.32. The van der Waals surface area contributed by atoms with E-state index in [0.29, 0.717) is 5.57 Å². The molecule has 0 aromatic heterocycles. The van der Waals surface area contributed by atoms with Gasteiger partial charge in [-0.1, -0.05) is 6.08 Å². The van der Waals surface area contributed by atoms with Crippen molar-refractivity contribution in [1.29, 1.82) is 0 Å². The number of nitrogens with zero attached hydrogens (tertiary/aromatic N) is 1. The second kappa shape index (κ2) is 12.3. The van der Waals surface area contributed by atoms with E-state index in [1.54, 1.807) is 19.5 Å². The Morgan fingerprint density at radius 2 is 1.50 bits per heavy atom. The fraction of sp³-hybridized carbons (Fsp3) is 0.520. The van der Waals surface area contributed by atoms with Gasteiger partial charge in [0.05, 0.1) is 18.5 Å². The van der Waals surface area contributed by atoms with Crippen LogP contribution < -0.4 is 0 Å². The standard InChI is InChI=1S/C25H39NO4/c1-12-26-15-17(3)19(5)21(7)22(23(24(27)28)30-25(8,9)10)20(6)16(2)13-14-18(4)29-11/h12-15,23H,1-11H3,(H,27,28). The van der Waals surface area contributed by atoms with Crippen LogP contribution in [0.5, 0.6) is 0 Å². The van der Waals surface area contributed by atoms with Gasteiger partial charge in [-0.3, -0.25) is 4.99 Å². The number of carbonyl (C=O) groups is 1. The number of hydrogen-bond donors (Lipinski definition) is 1. The topological polar surface area (TPSA) is 68.1 Å². The van der Waals surface area contributed by atoms with Crippen LogP contribution in [0.2, 0.25) is 0 Å². The Labute approximate surface area is 182 Å². The molecule has 1 atom stereocenters. The van der Waals surface area contributed by atoms with Gasteiger partial charge in [0, 0.05) is 12.4 Å². The van der Waals surface area contributed by atoms with Crippen molar-refractivity contribution in [2.24, 2.45) is 4.99 Å². The van der Waals surface area contributed by atoms with Crippen LogP contribution in [0.25, 0.3) is 0 Å². The van der Waals surface area contributed by atoms with Crippen LogP contribution in [0, 0.1) is 0 Å². The molecule has 0 heterocycles. The lowest BCUT2D eigenvalue weighted by atomic mass is 9.88. The summed E-state index contributed by atoms with van der Waals surface area (Å²) in [6.45, 7) is 19.1. The van der Waals surface area contributed by atoms with E-state index in [1.807, 2.05) is 81.4 Å². The van der Waals surface area contributed by atoms with Crippen LogP contribution >= 0.6 is 0 Å². The first-order valence-corrected chi connectivity index (χ1v) is 10.1. The molecule has 0 bridgehead atoms. The zero-order valence-electron chi connectivity index (χ0n) is 20.5. The maximum atomic E-state index is 12.3. The minimum absolute atomic E-state index is 0.621. The minimum atomic E-state index is -1.10. The third-order valence-corrected chi connectivity index (χ3v) is 4.82. The Kier molecular flexibility index (Phi) is 11.3. The van der Waals surface area contributed by atoms with Crippen molar-refractivity contribution in [2.75, 3.05) is 7.11 Å². The lowest BCUT2D eigenvalue weighted by Crippen LogP contribution is -2.35. The SMILES string of the molecule is CC=NC=C(C)C(C)=C(C)C(=C(C)C(C)=CC=C(C)OC)C(OC(C)(C)C)C(=O)O. The second-order valence-corrected chi connectivity index (χ2v) is 8.29. The summed E-state index contributed by atoms with van der Waals surface area (Å²) in [7, 11) is 1.62. The number of carboxylic acids is 1. The van der Waals surface area contributed by atoms with Gasteiger partial charge in [0.25, 0.3) is 0 Å². The molecule has 0 aliphatic heterocycles. The molecule has 30 heavy (non-hydrogen) atoms. The summed E-state index contributed by atoms with van der Waals surface area (Å²) in [5.41, 5.74) is 4.62. The van der Waals surface area contributed by atoms with E-state index in [2.05, 4.69) is 4.99 Å². The fourth-order valence-electron chi connectivity index (χ4n) is 2.69. The number of rotatable bonds is 9. The molecule has 168 valence electrons. The predicted molar refractivity (Wildman–Crippen MR) is 126 cm³/mol. The smallest absolute Gasteiger partial charge is 0.337 e. The summed E-state index contributed by atoms with van der Waals surface area (Å²) in [5.74, 6) is -0.250. The van der Waals surface area contributed by atoms with Crippen molar-refractivity contribution in [1.82, 2.24) is 0 Å². The summed E-state index contributed by atoms with van der Waals surface area (Å²) in [6, 6.07) is 0. The van der Waals surface area contributed by atoms with Crippen LogP contribution in [-0.4, -0.2) is 36.1 Å². The molecule has 0 spiro atoms. The average Bonchev–Trinajstić information content (AvgIpc) is 2.67. The molecule has 0 saturated heterocycles. The maximum Gasteiger partial charge on any atom is 0.337 e. The maximum absolute atomic E-state index is 12.3. The van der Waals surface area contributed by atoms with Gasteiger partial charge in [-0.15, -0.1) is 0 Å². The normalized spacial score (nSPS) is 17.0. The minimum Gasteiger partial charge on any atom is -0.501 e. The number of aliphatic imine (C=N–C) groups is 1. The largest absolute Gasteiger partial charge is 0.501 e. The summed E-state index contributed by atoms with van der Waals surface area (Å²) in [4.78, 5) is 16.5. The molecule has 0 aliphatic carbocycles. The second-order valence-electron chi connectivity index (χ2n) is 8.29. The summed E-state index contributed by atoms with van der Waals surface area (Å²) < 4.78 is 11.2. The van der Waals surface area contributed by atoms with Crippen LogP contribution in [-0.2, 0) is 14.3 Å². The third kappa shape index (κ3) is 8.95. The van der Waals surface area contributed by atoms with Crippen molar-refractivity contribution in [3.8, 4) is 0 Å². The van der Waals surface area contributed by atoms with Crippen molar-refractivity contribution in [3.63, 3.8) is 0 Å². The molecule has 0 fully saturated rings. The van der Waals surface area contributed by atoms with Crippen LogP contribution in [0.15, 0.2) is 62.5 Å². The molecule has 1 N–H and O–H groups in total. The van der Waals surface area contributed by atoms with Crippen molar-refractivity contribution in [3.05, 3.63) is 57.5 Å². The van der Waals surface area contributed by atoms with Gasteiger partial charge in [0.2, 0.25) is 0 Å². The van der Waals surface area contributed by atoms with Gasteiger partial charge in [-0.05, 0) is 109 Å². The van der Waals surface area contributed by atoms with Crippen molar-refractivity contribution >= 4 is 12.2 Å². The number of carboxylic acid groups (broad SMARTS) is 1. The number of hydrogen-bond acceptors (Lipinski definition) is 4. The Hall–Kier alpha value is -2.40. The van der Waals surface area contributed by atoms with Crippen LogP contribution in [0.1, 0.15) is 69.2 Å². The van der Waals surface area contributed by atoms with E-state index in [-0.39, 0.29) is 0 Å². The van der Waals surface area contributed by atoms with Gasteiger partial charge in [0.1, 0.15) is 0 Å². The van der Waals surface area contributed by atoms with E-state index < -0.39 is 17.7 Å². The van der Waals surface area contributed by atoms with Crippen molar-refractivity contribution < 1.29 is 19.4 Å². The molecule has 0 aliphatic rings. The molecule has 1 unspecified atom stereocenters. The fourth-order valence-corrected chi connectivity index (χ4v) is 2.69. The van der Waals surface area contributed by atoms with Crippen LogP contribution in [0.3, 0.4) is 0 Å². The molecule has 0 aromatic carbocycles. The first-order valence-electron chi connectivity index (χ1n) is 10.1. The molecule has 5 nitrogen and oxygen atoms in total. The molecule has 0 amide bonds. The number of ether oxygens (including phenoxy) is 2. The molecule has 0 radical (unpaired) electrons. The number of allylic oxidation sites excluding steroid dienone is 7. The Balaban J connectivity index is 6.92. The lowest BCUT2D eigenvalue weighted by molar-refractivity contribution is -0.155. The summed E-state index contributed by atoms with van der Waals surface area (Å²) >= 11 is 0. The van der Waals surface area contributed by atoms with Crippen LogP contribution in [0.4, 0.5) is 0 Å². The Morgan fingerprint density at radius 3 is 1.93 bits per heavy atom. The molecule has 0 aromatic rings. The van der Waals surface area contributed by atoms with Gasteiger partial charge in [-0.2, -0.15) is 0 Å². The quantitative estimate of drug-likeness (QED) is 0.268. The van der Waals surface area contributed by atoms with Gasteiger partial charge in [0.15, 0.2) is 6.10 Å². The summed E-state index contributed by atoms with van der Waals surface area (Å²) in [6.07, 6.45) is 6.19. The number of methoxy groups -OCH3 is 1. The van der Waals surface area contributed by atoms with E-state index in [9.17, 15) is 9.90 Å². The highest BCUT2D eigenvalue weighted by molar-refractivity contribution is 5.79.